The van der Waals surface area contributed by atoms with E-state index in [0.717, 1.165) is 12.1 Å². The Labute approximate surface area is 148 Å². The van der Waals surface area contributed by atoms with Gasteiger partial charge in [0.15, 0.2) is 0 Å². The molecule has 0 aromatic heterocycles. The van der Waals surface area contributed by atoms with E-state index in [4.69, 9.17) is 0 Å². The number of anilines is 1. The van der Waals surface area contributed by atoms with Crippen LogP contribution in [0.4, 0.5) is 18.9 Å². The second-order valence-electron chi connectivity index (χ2n) is 5.98. The van der Waals surface area contributed by atoms with Gasteiger partial charge in [0.25, 0.3) is 0 Å². The predicted octanol–water partition coefficient (Wildman–Crippen LogP) is 2.44. The number of rotatable bonds is 5. The van der Waals surface area contributed by atoms with Crippen molar-refractivity contribution < 1.29 is 26.4 Å². The summed E-state index contributed by atoms with van der Waals surface area (Å²) in [5.74, 6) is -2.93. The molecule has 1 atom stereocenters. The third-order valence-electron chi connectivity index (χ3n) is 4.09. The van der Waals surface area contributed by atoms with Crippen molar-refractivity contribution in [1.82, 2.24) is 4.72 Å². The van der Waals surface area contributed by atoms with E-state index in [2.05, 4.69) is 4.72 Å². The van der Waals surface area contributed by atoms with Crippen molar-refractivity contribution >= 4 is 21.6 Å². The summed E-state index contributed by atoms with van der Waals surface area (Å²) in [6.07, 6.45) is 0.0888. The smallest absolute Gasteiger partial charge is 0.243 e. The molecule has 1 amide bonds. The zero-order chi connectivity index (χ0) is 18.9. The normalized spacial score (nSPS) is 17.7. The van der Waals surface area contributed by atoms with Crippen LogP contribution in [-0.4, -0.2) is 27.4 Å². The topological polar surface area (TPSA) is 66.5 Å². The lowest BCUT2D eigenvalue weighted by molar-refractivity contribution is -0.117. The first-order chi connectivity index (χ1) is 12.3. The molecule has 138 valence electrons. The van der Waals surface area contributed by atoms with E-state index >= 15 is 0 Å². The summed E-state index contributed by atoms with van der Waals surface area (Å²) >= 11 is 0. The van der Waals surface area contributed by atoms with Crippen molar-refractivity contribution in [2.75, 3.05) is 18.0 Å². The number of benzene rings is 2. The molecule has 0 aliphatic carbocycles. The summed E-state index contributed by atoms with van der Waals surface area (Å²) in [4.78, 5) is 12.8. The van der Waals surface area contributed by atoms with Gasteiger partial charge in [0.05, 0.1) is 0 Å². The highest BCUT2D eigenvalue weighted by atomic mass is 32.2. The fraction of sp³-hybridized carbons (Fsp3) is 0.235. The Hall–Kier alpha value is -2.39. The van der Waals surface area contributed by atoms with Crippen LogP contribution in [0.1, 0.15) is 6.42 Å². The molecule has 1 heterocycles. The van der Waals surface area contributed by atoms with E-state index < -0.39 is 32.4 Å². The molecule has 1 N–H and O–H groups in total. The lowest BCUT2D eigenvalue weighted by Gasteiger charge is -2.17. The summed E-state index contributed by atoms with van der Waals surface area (Å²) in [6.45, 7) is 0.125. The molecule has 2 aromatic carbocycles. The van der Waals surface area contributed by atoms with E-state index in [1.807, 2.05) is 0 Å². The number of nitrogens with zero attached hydrogens (tertiary/aromatic N) is 1. The maximum Gasteiger partial charge on any atom is 0.243 e. The Morgan fingerprint density at radius 2 is 1.69 bits per heavy atom. The van der Waals surface area contributed by atoms with Crippen molar-refractivity contribution in [3.63, 3.8) is 0 Å². The van der Waals surface area contributed by atoms with Gasteiger partial charge in [-0.3, -0.25) is 4.79 Å². The fourth-order valence-electron chi connectivity index (χ4n) is 2.78. The second-order valence-corrected chi connectivity index (χ2v) is 7.71. The van der Waals surface area contributed by atoms with E-state index in [0.29, 0.717) is 11.8 Å². The van der Waals surface area contributed by atoms with Gasteiger partial charge in [-0.15, -0.1) is 0 Å². The highest BCUT2D eigenvalue weighted by molar-refractivity contribution is 7.89. The van der Waals surface area contributed by atoms with Crippen molar-refractivity contribution in [1.29, 1.82) is 0 Å². The first kappa shape index (κ1) is 18.4. The number of carbonyl (C=O) groups excluding carboxylic acids is 1. The van der Waals surface area contributed by atoms with Gasteiger partial charge in [0.1, 0.15) is 22.3 Å². The monoisotopic (exact) mass is 384 g/mol. The number of hydrogen-bond donors (Lipinski definition) is 1. The summed E-state index contributed by atoms with van der Waals surface area (Å²) in [5.41, 5.74) is 0.512. The quantitative estimate of drug-likeness (QED) is 0.861. The van der Waals surface area contributed by atoms with E-state index in [-0.39, 0.29) is 31.3 Å². The van der Waals surface area contributed by atoms with Crippen LogP contribution < -0.4 is 9.62 Å². The Morgan fingerprint density at radius 1 is 1.04 bits per heavy atom. The van der Waals surface area contributed by atoms with Crippen LogP contribution >= 0.6 is 0 Å². The second kappa shape index (κ2) is 7.08. The van der Waals surface area contributed by atoms with Crippen LogP contribution in [0.5, 0.6) is 0 Å². The molecule has 1 aliphatic heterocycles. The molecule has 9 heteroatoms. The molecule has 1 aliphatic rings. The molecule has 5 nitrogen and oxygen atoms in total. The van der Waals surface area contributed by atoms with Gasteiger partial charge in [0.2, 0.25) is 15.9 Å². The third-order valence-corrected chi connectivity index (χ3v) is 5.53. The molecule has 2 aromatic rings. The molecular formula is C17H15F3N2O3S. The molecule has 1 fully saturated rings. The average molecular weight is 384 g/mol. The molecular weight excluding hydrogens is 369 g/mol. The zero-order valence-corrected chi connectivity index (χ0v) is 14.3. The molecule has 1 saturated heterocycles. The van der Waals surface area contributed by atoms with Gasteiger partial charge in [-0.2, -0.15) is 0 Å². The van der Waals surface area contributed by atoms with Gasteiger partial charge in [0, 0.05) is 25.2 Å². The van der Waals surface area contributed by atoms with Crippen molar-refractivity contribution in [3.05, 3.63) is 59.9 Å². The molecule has 0 saturated carbocycles. The van der Waals surface area contributed by atoms with E-state index in [1.165, 1.54) is 29.2 Å². The van der Waals surface area contributed by atoms with Crippen molar-refractivity contribution in [2.45, 2.75) is 11.3 Å². The number of halogens is 3. The molecule has 26 heavy (non-hydrogen) atoms. The SMILES string of the molecule is O=C1CC(CNS(=O)(=O)c2cc(F)ccc2F)CN1c1ccc(F)cc1. The maximum atomic E-state index is 13.7. The highest BCUT2D eigenvalue weighted by Crippen LogP contribution is 2.25. The van der Waals surface area contributed by atoms with Crippen LogP contribution in [0.15, 0.2) is 47.4 Å². The number of nitrogens with one attached hydrogen (secondary N) is 1. The average Bonchev–Trinajstić information content (AvgIpc) is 2.97. The minimum Gasteiger partial charge on any atom is -0.312 e. The molecule has 3 rings (SSSR count). The van der Waals surface area contributed by atoms with Crippen molar-refractivity contribution in [2.24, 2.45) is 5.92 Å². The first-order valence-corrected chi connectivity index (χ1v) is 9.25. The van der Waals surface area contributed by atoms with Crippen LogP contribution in [0.2, 0.25) is 0 Å². The van der Waals surface area contributed by atoms with Crippen LogP contribution in [-0.2, 0) is 14.8 Å². The number of hydrogen-bond acceptors (Lipinski definition) is 3. The van der Waals surface area contributed by atoms with Gasteiger partial charge in [-0.05, 0) is 48.4 Å². The Bertz CT molecular complexity index is 933. The number of amides is 1. The number of carbonyl (C=O) groups is 1. The first-order valence-electron chi connectivity index (χ1n) is 7.77. The Balaban J connectivity index is 1.68. The van der Waals surface area contributed by atoms with Crippen LogP contribution in [0.25, 0.3) is 0 Å². The maximum absolute atomic E-state index is 13.7. The van der Waals surface area contributed by atoms with E-state index in [9.17, 15) is 26.4 Å². The summed E-state index contributed by atoms with van der Waals surface area (Å²) in [6, 6.07) is 7.53. The van der Waals surface area contributed by atoms with Crippen molar-refractivity contribution in [3.8, 4) is 0 Å². The predicted molar refractivity (Wildman–Crippen MR) is 88.4 cm³/mol. The van der Waals surface area contributed by atoms with Gasteiger partial charge < -0.3 is 4.90 Å². The zero-order valence-electron chi connectivity index (χ0n) is 13.5. The van der Waals surface area contributed by atoms with Crippen LogP contribution in [0.3, 0.4) is 0 Å². The van der Waals surface area contributed by atoms with Gasteiger partial charge in [-0.1, -0.05) is 0 Å². The summed E-state index contributed by atoms with van der Waals surface area (Å²) in [5, 5.41) is 0. The highest BCUT2D eigenvalue weighted by Gasteiger charge is 2.32. The minimum atomic E-state index is -4.25. The molecule has 0 radical (unpaired) electrons. The lowest BCUT2D eigenvalue weighted by atomic mass is 10.1. The minimum absolute atomic E-state index is 0.0888. The van der Waals surface area contributed by atoms with Crippen LogP contribution in [0, 0.1) is 23.4 Å². The number of sulfonamides is 1. The summed E-state index contributed by atoms with van der Waals surface area (Å²) in [7, 11) is -4.25. The summed E-state index contributed by atoms with van der Waals surface area (Å²) < 4.78 is 66.4. The van der Waals surface area contributed by atoms with Gasteiger partial charge in [-0.25, -0.2) is 26.3 Å². The molecule has 0 bridgehead atoms. The molecule has 1 unspecified atom stereocenters. The molecule has 0 spiro atoms. The Morgan fingerprint density at radius 3 is 2.38 bits per heavy atom. The van der Waals surface area contributed by atoms with Gasteiger partial charge >= 0.3 is 0 Å². The fourth-order valence-corrected chi connectivity index (χ4v) is 3.98. The largest absolute Gasteiger partial charge is 0.312 e. The Kier molecular flexibility index (Phi) is 5.01. The lowest BCUT2D eigenvalue weighted by Crippen LogP contribution is -2.31. The standard InChI is InChI=1S/C17H15F3N2O3S/c18-12-1-4-14(5-2-12)22-10-11(7-17(22)23)9-21-26(24,25)16-8-13(19)3-6-15(16)20/h1-6,8,11,21H,7,9-10H2. The third kappa shape index (κ3) is 3.88. The van der Waals surface area contributed by atoms with E-state index in [1.54, 1.807) is 0 Å².